The normalized spacial score (nSPS) is 18.4. The van der Waals surface area contributed by atoms with E-state index in [2.05, 4.69) is 10.4 Å². The van der Waals surface area contributed by atoms with Crippen molar-refractivity contribution in [2.75, 3.05) is 6.54 Å². The van der Waals surface area contributed by atoms with Crippen LogP contribution in [0.3, 0.4) is 0 Å². The Morgan fingerprint density at radius 1 is 1.15 bits per heavy atom. The summed E-state index contributed by atoms with van der Waals surface area (Å²) < 4.78 is 21.2. The number of benzene rings is 2. The molecule has 3 aromatic rings. The van der Waals surface area contributed by atoms with Crippen molar-refractivity contribution >= 4 is 46.3 Å². The Hall–Kier alpha value is -4.19. The van der Waals surface area contributed by atoms with Gasteiger partial charge in [-0.05, 0) is 12.1 Å². The maximum Gasteiger partial charge on any atom is 0.405 e. The van der Waals surface area contributed by atoms with Crippen LogP contribution in [-0.2, 0) is 27.4 Å². The monoisotopic (exact) mass is 586 g/mol. The van der Waals surface area contributed by atoms with Gasteiger partial charge in [0.1, 0.15) is 18.0 Å². The molecule has 5 N–H and O–H groups in total. The minimum Gasteiger partial charge on any atom is -0.442 e. The Bertz CT molecular complexity index is 1510. The fourth-order valence-corrected chi connectivity index (χ4v) is 5.32. The Morgan fingerprint density at radius 3 is 2.46 bits per heavy atom. The molecule has 1 aliphatic rings. The molecule has 4 amide bonds. The number of nitrogens with one attached hydrogen (secondary N) is 1. The summed E-state index contributed by atoms with van der Waals surface area (Å²) in [6, 6.07) is 10.8. The van der Waals surface area contributed by atoms with Crippen LogP contribution in [0.15, 0.2) is 42.5 Å². The number of carbonyl (C=O) groups excluding carboxylic acids is 4. The van der Waals surface area contributed by atoms with Crippen molar-refractivity contribution in [2.24, 2.45) is 16.9 Å². The summed E-state index contributed by atoms with van der Waals surface area (Å²) in [7, 11) is 0. The minimum atomic E-state index is -0.944. The number of rotatable bonds is 9. The molecule has 218 valence electrons. The molecule has 0 unspecified atom stereocenters. The maximum absolute atomic E-state index is 14.3. The first kappa shape index (κ1) is 29.8. The molecular weight excluding hydrogens is 555 g/mol. The van der Waals surface area contributed by atoms with E-state index >= 15 is 0 Å². The molecule has 0 atom stereocenters. The molecule has 1 saturated carbocycles. The second-order valence-corrected chi connectivity index (χ2v) is 11.5. The van der Waals surface area contributed by atoms with Crippen molar-refractivity contribution in [1.82, 2.24) is 20.0 Å². The van der Waals surface area contributed by atoms with Gasteiger partial charge in [-0.25, -0.2) is 9.18 Å². The van der Waals surface area contributed by atoms with Crippen LogP contribution in [0.25, 0.3) is 10.9 Å². The standard InChI is InChI=1S/C28H32ClFN6O5/c1-27(2,3)28(41-26(32)40)11-17(12-28)35(14-21(37)33-13-16-7-6-9-19(29)23(16)30)22(38)15-36-20-10-5-4-8-18(20)24(34-36)25(31)39/h4-10,17H,11-15H2,1-3H3,(H2,31,39)(H2,32,40)(H,33,37). The molecule has 1 aliphatic carbocycles. The van der Waals surface area contributed by atoms with E-state index in [4.69, 9.17) is 27.8 Å². The SMILES string of the molecule is CC(C)(C)C1(OC(N)=O)CC(N(CC(=O)NCc2cccc(Cl)c2F)C(=O)Cn2nc(C(N)=O)c3ccccc32)C1. The van der Waals surface area contributed by atoms with Crippen LogP contribution in [0.2, 0.25) is 5.02 Å². The van der Waals surface area contributed by atoms with E-state index in [9.17, 15) is 23.6 Å². The zero-order valence-electron chi connectivity index (χ0n) is 22.9. The summed E-state index contributed by atoms with van der Waals surface area (Å²) >= 11 is 5.84. The molecule has 11 nitrogen and oxygen atoms in total. The Balaban J connectivity index is 1.58. The average molecular weight is 587 g/mol. The number of hydrogen-bond donors (Lipinski definition) is 3. The number of halogens is 2. The van der Waals surface area contributed by atoms with Crippen LogP contribution >= 0.6 is 11.6 Å². The lowest BCUT2D eigenvalue weighted by Crippen LogP contribution is -2.65. The van der Waals surface area contributed by atoms with Gasteiger partial charge in [0.25, 0.3) is 5.91 Å². The third-order valence-corrected chi connectivity index (χ3v) is 7.84. The zero-order valence-corrected chi connectivity index (χ0v) is 23.7. The lowest BCUT2D eigenvalue weighted by Gasteiger charge is -2.56. The summed E-state index contributed by atoms with van der Waals surface area (Å²) in [5.74, 6) is -2.39. The van der Waals surface area contributed by atoms with Gasteiger partial charge in [0.2, 0.25) is 11.8 Å². The summed E-state index contributed by atoms with van der Waals surface area (Å²) in [5.41, 5.74) is 10.1. The lowest BCUT2D eigenvalue weighted by atomic mass is 9.61. The van der Waals surface area contributed by atoms with Gasteiger partial charge in [-0.15, -0.1) is 0 Å². The molecule has 13 heteroatoms. The smallest absolute Gasteiger partial charge is 0.405 e. The molecule has 41 heavy (non-hydrogen) atoms. The van der Waals surface area contributed by atoms with Crippen molar-refractivity contribution in [1.29, 1.82) is 0 Å². The third-order valence-electron chi connectivity index (χ3n) is 7.55. The maximum atomic E-state index is 14.3. The van der Waals surface area contributed by atoms with Crippen LogP contribution in [0, 0.1) is 11.2 Å². The highest BCUT2D eigenvalue weighted by atomic mass is 35.5. The molecule has 1 aromatic heterocycles. The summed E-state index contributed by atoms with van der Waals surface area (Å²) in [6.45, 7) is 4.90. The van der Waals surface area contributed by atoms with Crippen LogP contribution in [-0.4, -0.2) is 56.7 Å². The van der Waals surface area contributed by atoms with Gasteiger partial charge in [-0.2, -0.15) is 5.10 Å². The van der Waals surface area contributed by atoms with Crippen molar-refractivity contribution in [3.63, 3.8) is 0 Å². The molecule has 0 bridgehead atoms. The van der Waals surface area contributed by atoms with Crippen LogP contribution in [0.5, 0.6) is 0 Å². The van der Waals surface area contributed by atoms with E-state index in [0.717, 1.165) is 0 Å². The lowest BCUT2D eigenvalue weighted by molar-refractivity contribution is -0.170. The van der Waals surface area contributed by atoms with Gasteiger partial charge in [-0.1, -0.05) is 62.7 Å². The quantitative estimate of drug-likeness (QED) is 0.349. The number of para-hydroxylation sites is 1. The van der Waals surface area contributed by atoms with Gasteiger partial charge in [-0.3, -0.25) is 19.1 Å². The molecule has 0 radical (unpaired) electrons. The topological polar surface area (TPSA) is 163 Å². The van der Waals surface area contributed by atoms with E-state index in [0.29, 0.717) is 10.9 Å². The van der Waals surface area contributed by atoms with E-state index in [1.165, 1.54) is 21.7 Å². The number of aromatic nitrogens is 2. The van der Waals surface area contributed by atoms with Crippen LogP contribution in [0.1, 0.15) is 49.7 Å². The van der Waals surface area contributed by atoms with Crippen LogP contribution in [0.4, 0.5) is 9.18 Å². The Kier molecular flexibility index (Phi) is 8.25. The van der Waals surface area contributed by atoms with Gasteiger partial charge < -0.3 is 26.4 Å². The zero-order chi connectivity index (χ0) is 30.1. The highest BCUT2D eigenvalue weighted by molar-refractivity contribution is 6.30. The molecule has 4 rings (SSSR count). The van der Waals surface area contributed by atoms with E-state index in [-0.39, 0.29) is 48.8 Å². The van der Waals surface area contributed by atoms with E-state index < -0.39 is 46.7 Å². The number of primary amides is 2. The third kappa shape index (κ3) is 6.12. The number of nitrogens with zero attached hydrogens (tertiary/aromatic N) is 3. The van der Waals surface area contributed by atoms with Gasteiger partial charge >= 0.3 is 6.09 Å². The fourth-order valence-electron chi connectivity index (χ4n) is 5.12. The van der Waals surface area contributed by atoms with Gasteiger partial charge in [0, 0.05) is 41.8 Å². The molecule has 1 fully saturated rings. The molecule has 0 saturated heterocycles. The Morgan fingerprint density at radius 2 is 1.83 bits per heavy atom. The van der Waals surface area contributed by atoms with Crippen LogP contribution < -0.4 is 16.8 Å². The molecule has 0 aliphatic heterocycles. The Labute approximate surface area is 240 Å². The summed E-state index contributed by atoms with van der Waals surface area (Å²) in [4.78, 5) is 51.8. The average Bonchev–Trinajstić information content (AvgIpc) is 3.23. The van der Waals surface area contributed by atoms with Crippen molar-refractivity contribution < 1.29 is 28.3 Å². The highest BCUT2D eigenvalue weighted by Crippen LogP contribution is 2.50. The summed E-state index contributed by atoms with van der Waals surface area (Å²) in [6.07, 6.45) is -0.443. The summed E-state index contributed by atoms with van der Waals surface area (Å²) in [5, 5.41) is 7.30. The van der Waals surface area contributed by atoms with E-state index in [1.54, 1.807) is 30.3 Å². The molecular formula is C28H32ClFN6O5. The van der Waals surface area contributed by atoms with Crippen molar-refractivity contribution in [2.45, 2.75) is 58.3 Å². The van der Waals surface area contributed by atoms with E-state index in [1.807, 2.05) is 20.8 Å². The molecule has 2 aromatic carbocycles. The second kappa shape index (κ2) is 11.4. The highest BCUT2D eigenvalue weighted by Gasteiger charge is 2.57. The van der Waals surface area contributed by atoms with Crippen molar-refractivity contribution in [3.8, 4) is 0 Å². The molecule has 0 spiro atoms. The minimum absolute atomic E-state index is 0.0199. The number of ether oxygens (including phenoxy) is 1. The molecule has 1 heterocycles. The number of fused-ring (bicyclic) bond motifs is 1. The number of hydrogen-bond acceptors (Lipinski definition) is 6. The number of amides is 4. The first-order valence-corrected chi connectivity index (χ1v) is 13.3. The second-order valence-electron chi connectivity index (χ2n) is 11.1. The predicted octanol–water partition coefficient (Wildman–Crippen LogP) is 3.12. The van der Waals surface area contributed by atoms with Gasteiger partial charge in [0.15, 0.2) is 5.69 Å². The number of nitrogens with two attached hydrogens (primary N) is 2. The predicted molar refractivity (Wildman–Crippen MR) is 149 cm³/mol. The first-order valence-electron chi connectivity index (χ1n) is 13.0. The van der Waals surface area contributed by atoms with Crippen molar-refractivity contribution in [3.05, 3.63) is 64.6 Å². The first-order chi connectivity index (χ1) is 19.2. The number of carbonyl (C=O) groups is 4. The van der Waals surface area contributed by atoms with Gasteiger partial charge in [0.05, 0.1) is 17.1 Å². The fraction of sp³-hybridized carbons (Fsp3) is 0.393. The largest absolute Gasteiger partial charge is 0.442 e.